The molecule has 1 heterocycles. The minimum Gasteiger partial charge on any atom is -0.258 e. The number of nitrogens with one attached hydrogen (secondary N) is 2. The molecular weight excluding hydrogens is 383 g/mol. The van der Waals surface area contributed by atoms with Crippen LogP contribution in [0.25, 0.3) is 11.4 Å². The van der Waals surface area contributed by atoms with E-state index < -0.39 is 22.8 Å². The van der Waals surface area contributed by atoms with Gasteiger partial charge >= 0.3 is 12.2 Å². The van der Waals surface area contributed by atoms with E-state index in [0.717, 1.165) is 17.0 Å². The lowest BCUT2D eigenvalue weighted by atomic mass is 10.1. The first-order chi connectivity index (χ1) is 13.3. The number of carbonyl (C=O) groups is 1. The first kappa shape index (κ1) is 18.8. The monoisotopic (exact) mass is 393 g/mol. The standard InChI is InChI=1S/C15H10F3N7O3/c16-15(17,18)9-4-3-5-10(8-9)24(14(26)21-25(27)28)12-7-2-1-6-11(12)13-19-22-23-20-13/h1-8H,(H,21,26)(H,19,20,22,23). The molecule has 0 atom stereocenters. The van der Waals surface area contributed by atoms with Gasteiger partial charge < -0.3 is 0 Å². The number of anilines is 2. The number of halogens is 3. The van der Waals surface area contributed by atoms with Gasteiger partial charge in [0.1, 0.15) is 0 Å². The lowest BCUT2D eigenvalue weighted by Gasteiger charge is -2.23. The van der Waals surface area contributed by atoms with Crippen LogP contribution in [0, 0.1) is 10.1 Å². The largest absolute Gasteiger partial charge is 0.416 e. The van der Waals surface area contributed by atoms with E-state index in [9.17, 15) is 28.1 Å². The van der Waals surface area contributed by atoms with Gasteiger partial charge in [-0.05, 0) is 41.0 Å². The number of benzene rings is 2. The Kier molecular flexibility index (Phi) is 4.89. The Balaban J connectivity index is 2.18. The third-order valence-electron chi connectivity index (χ3n) is 3.55. The number of tetrazole rings is 1. The second kappa shape index (κ2) is 7.30. The number of hydrogen-bond donors (Lipinski definition) is 2. The van der Waals surface area contributed by atoms with Gasteiger partial charge in [-0.2, -0.15) is 18.4 Å². The molecular formula is C15H10F3N7O3. The van der Waals surface area contributed by atoms with Crippen molar-refractivity contribution in [3.8, 4) is 11.4 Å². The SMILES string of the molecule is O=C(N[N+](=O)[O-])N(c1cccc(C(F)(F)F)c1)c1ccccc1-c1nn[nH]n1. The number of nitrogens with zero attached hydrogens (tertiary/aromatic N) is 5. The first-order valence-corrected chi connectivity index (χ1v) is 7.52. The van der Waals surface area contributed by atoms with E-state index in [1.54, 1.807) is 6.07 Å². The average molecular weight is 393 g/mol. The Morgan fingerprint density at radius 2 is 1.93 bits per heavy atom. The van der Waals surface area contributed by atoms with Crippen molar-refractivity contribution < 1.29 is 23.0 Å². The van der Waals surface area contributed by atoms with Crippen LogP contribution in [0.15, 0.2) is 48.5 Å². The van der Waals surface area contributed by atoms with Crippen molar-refractivity contribution in [2.45, 2.75) is 6.18 Å². The van der Waals surface area contributed by atoms with Crippen molar-refractivity contribution in [1.29, 1.82) is 0 Å². The van der Waals surface area contributed by atoms with Gasteiger partial charge in [0.25, 0.3) is 0 Å². The molecule has 2 N–H and O–H groups in total. The average Bonchev–Trinajstić information content (AvgIpc) is 3.16. The number of urea groups is 1. The van der Waals surface area contributed by atoms with Crippen molar-refractivity contribution in [3.63, 3.8) is 0 Å². The number of rotatable bonds is 4. The summed E-state index contributed by atoms with van der Waals surface area (Å²) in [6, 6.07) is 8.48. The lowest BCUT2D eigenvalue weighted by Crippen LogP contribution is -2.40. The Bertz CT molecular complexity index is 1010. The van der Waals surface area contributed by atoms with Gasteiger partial charge in [0, 0.05) is 5.56 Å². The molecule has 0 bridgehead atoms. The molecule has 0 fully saturated rings. The summed E-state index contributed by atoms with van der Waals surface area (Å²) in [7, 11) is 0. The molecule has 0 radical (unpaired) electrons. The number of para-hydroxylation sites is 1. The fourth-order valence-corrected chi connectivity index (χ4v) is 2.45. The number of H-pyrrole nitrogens is 1. The number of hydrazine groups is 1. The van der Waals surface area contributed by atoms with Crippen LogP contribution >= 0.6 is 0 Å². The minimum atomic E-state index is -4.67. The molecule has 2 amide bonds. The van der Waals surface area contributed by atoms with Crippen molar-refractivity contribution in [2.24, 2.45) is 0 Å². The Hall–Kier alpha value is -4.03. The number of hydrogen-bond acceptors (Lipinski definition) is 6. The quantitative estimate of drug-likeness (QED) is 0.518. The van der Waals surface area contributed by atoms with Gasteiger partial charge in [-0.15, -0.1) is 10.2 Å². The summed E-state index contributed by atoms with van der Waals surface area (Å²) in [5.41, 5.74) is 0.393. The molecule has 0 aliphatic heterocycles. The second-order valence-corrected chi connectivity index (χ2v) is 5.31. The van der Waals surface area contributed by atoms with E-state index in [1.807, 2.05) is 0 Å². The minimum absolute atomic E-state index is 0.0163. The number of aromatic amines is 1. The third kappa shape index (κ3) is 3.87. The molecule has 0 unspecified atom stereocenters. The summed E-state index contributed by atoms with van der Waals surface area (Å²) >= 11 is 0. The molecule has 13 heteroatoms. The number of nitro groups is 1. The normalized spacial score (nSPS) is 11.1. The fraction of sp³-hybridized carbons (Fsp3) is 0.0667. The zero-order valence-corrected chi connectivity index (χ0v) is 13.7. The molecule has 0 spiro atoms. The molecule has 10 nitrogen and oxygen atoms in total. The highest BCUT2D eigenvalue weighted by molar-refractivity contribution is 6.02. The van der Waals surface area contributed by atoms with Crippen LogP contribution in [0.2, 0.25) is 0 Å². The Morgan fingerprint density at radius 1 is 1.18 bits per heavy atom. The van der Waals surface area contributed by atoms with Crippen LogP contribution < -0.4 is 10.3 Å². The summed E-state index contributed by atoms with van der Waals surface area (Å²) in [5.74, 6) is 0.0430. The zero-order valence-electron chi connectivity index (χ0n) is 13.7. The van der Waals surface area contributed by atoms with E-state index in [-0.39, 0.29) is 22.8 Å². The predicted molar refractivity (Wildman–Crippen MR) is 88.7 cm³/mol. The number of carbonyl (C=O) groups excluding carboxylic acids is 1. The summed E-state index contributed by atoms with van der Waals surface area (Å²) in [6.07, 6.45) is -4.67. The van der Waals surface area contributed by atoms with E-state index in [2.05, 4.69) is 20.6 Å². The van der Waals surface area contributed by atoms with E-state index in [0.29, 0.717) is 6.07 Å². The summed E-state index contributed by atoms with van der Waals surface area (Å²) < 4.78 is 39.3. The number of amides is 2. The van der Waals surface area contributed by atoms with Crippen LogP contribution in [0.4, 0.5) is 29.3 Å². The van der Waals surface area contributed by atoms with Crippen LogP contribution in [-0.4, -0.2) is 31.7 Å². The highest BCUT2D eigenvalue weighted by Crippen LogP contribution is 2.36. The van der Waals surface area contributed by atoms with Gasteiger partial charge in [-0.25, -0.2) is 14.9 Å². The lowest BCUT2D eigenvalue weighted by molar-refractivity contribution is -0.527. The summed E-state index contributed by atoms with van der Waals surface area (Å²) in [5, 5.41) is 22.8. The predicted octanol–water partition coefficient (Wildman–Crippen LogP) is 2.92. The van der Waals surface area contributed by atoms with Crippen LogP contribution in [0.3, 0.4) is 0 Å². The Labute approximate surface area is 154 Å². The topological polar surface area (TPSA) is 130 Å². The van der Waals surface area contributed by atoms with Crippen LogP contribution in [0.5, 0.6) is 0 Å². The maximum atomic E-state index is 13.1. The smallest absolute Gasteiger partial charge is 0.258 e. The van der Waals surface area contributed by atoms with E-state index in [4.69, 9.17) is 0 Å². The second-order valence-electron chi connectivity index (χ2n) is 5.31. The van der Waals surface area contributed by atoms with E-state index >= 15 is 0 Å². The highest BCUT2D eigenvalue weighted by Gasteiger charge is 2.32. The molecule has 28 heavy (non-hydrogen) atoms. The number of alkyl halides is 3. The van der Waals surface area contributed by atoms with Crippen LogP contribution in [0.1, 0.15) is 5.56 Å². The highest BCUT2D eigenvalue weighted by atomic mass is 19.4. The zero-order chi connectivity index (χ0) is 20.3. The van der Waals surface area contributed by atoms with Gasteiger partial charge in [0.15, 0.2) is 5.03 Å². The third-order valence-corrected chi connectivity index (χ3v) is 3.55. The van der Waals surface area contributed by atoms with Gasteiger partial charge in [-0.1, -0.05) is 18.2 Å². The molecule has 0 saturated heterocycles. The fourth-order valence-electron chi connectivity index (χ4n) is 2.45. The Morgan fingerprint density at radius 3 is 2.57 bits per heavy atom. The van der Waals surface area contributed by atoms with Crippen LogP contribution in [-0.2, 0) is 6.18 Å². The maximum Gasteiger partial charge on any atom is 0.416 e. The van der Waals surface area contributed by atoms with Crippen molar-refractivity contribution in [1.82, 2.24) is 26.0 Å². The molecule has 3 rings (SSSR count). The molecule has 144 valence electrons. The maximum absolute atomic E-state index is 13.1. The molecule has 0 aliphatic rings. The van der Waals surface area contributed by atoms with Crippen molar-refractivity contribution in [2.75, 3.05) is 4.90 Å². The molecule has 1 aromatic heterocycles. The van der Waals surface area contributed by atoms with E-state index in [1.165, 1.54) is 29.7 Å². The molecule has 0 saturated carbocycles. The van der Waals surface area contributed by atoms with Gasteiger partial charge in [0.05, 0.1) is 16.9 Å². The van der Waals surface area contributed by atoms with Gasteiger partial charge in [-0.3, -0.25) is 4.90 Å². The first-order valence-electron chi connectivity index (χ1n) is 7.52. The van der Waals surface area contributed by atoms with Crippen molar-refractivity contribution in [3.05, 3.63) is 64.2 Å². The summed E-state index contributed by atoms with van der Waals surface area (Å²) in [4.78, 5) is 23.9. The molecule has 2 aromatic carbocycles. The number of aromatic nitrogens is 4. The molecule has 0 aliphatic carbocycles. The summed E-state index contributed by atoms with van der Waals surface area (Å²) in [6.45, 7) is 0. The van der Waals surface area contributed by atoms with Crippen molar-refractivity contribution >= 4 is 17.4 Å². The molecule has 3 aromatic rings. The van der Waals surface area contributed by atoms with Gasteiger partial charge in [0.2, 0.25) is 5.82 Å².